The Labute approximate surface area is 52.9 Å². The van der Waals surface area contributed by atoms with Crippen molar-refractivity contribution in [2.75, 3.05) is 0 Å². The first kappa shape index (κ1) is 8.17. The molecule has 0 amide bonds. The van der Waals surface area contributed by atoms with Crippen LogP contribution in [0, 0.1) is 0 Å². The highest BCUT2D eigenvalue weighted by Crippen LogP contribution is 2.11. The van der Waals surface area contributed by atoms with Gasteiger partial charge in [-0.2, -0.15) is 8.42 Å². The highest BCUT2D eigenvalue weighted by atomic mass is 35.5. The van der Waals surface area contributed by atoms with Gasteiger partial charge in [-0.15, -0.1) is 15.5 Å². The molecule has 50 valence electrons. The van der Waals surface area contributed by atoms with Crippen LogP contribution in [-0.2, 0) is 10.2 Å². The Balaban J connectivity index is 4.04. The second kappa shape index (κ2) is 2.64. The Kier molecular flexibility index (Phi) is 2.70. The summed E-state index contributed by atoms with van der Waals surface area (Å²) in [7, 11) is -4.49. The van der Waals surface area contributed by atoms with Crippen molar-refractivity contribution in [1.82, 2.24) is 0 Å². The summed E-state index contributed by atoms with van der Waals surface area (Å²) in [4.78, 5) is 0. The Morgan fingerprint density at radius 3 is 2.12 bits per heavy atom. The normalized spacial score (nSPS) is 15.9. The second-order valence-corrected chi connectivity index (χ2v) is 3.60. The zero-order chi connectivity index (χ0) is 6.78. The van der Waals surface area contributed by atoms with Crippen molar-refractivity contribution >= 4 is 21.8 Å². The van der Waals surface area contributed by atoms with Crippen LogP contribution >= 0.6 is 11.6 Å². The van der Waals surface area contributed by atoms with Gasteiger partial charge < -0.3 is 0 Å². The predicted octanol–water partition coefficient (Wildman–Crippen LogP) is 1.26. The van der Waals surface area contributed by atoms with Crippen molar-refractivity contribution in [3.05, 3.63) is 0 Å². The average molecular weight is 161 g/mol. The summed E-state index contributed by atoms with van der Waals surface area (Å²) < 4.78 is 29.8. The molecule has 0 saturated carbocycles. The van der Waals surface area contributed by atoms with E-state index >= 15 is 0 Å². The molecule has 0 aliphatic carbocycles. The van der Waals surface area contributed by atoms with E-state index in [9.17, 15) is 12.3 Å². The lowest BCUT2D eigenvalue weighted by Gasteiger charge is -1.95. The van der Waals surface area contributed by atoms with Crippen LogP contribution in [0.4, 0.5) is 3.89 Å². The molecular weight excluding hydrogens is 155 g/mol. The van der Waals surface area contributed by atoms with E-state index in [4.69, 9.17) is 11.6 Å². The van der Waals surface area contributed by atoms with Crippen LogP contribution in [-0.4, -0.2) is 13.1 Å². The molecule has 0 aromatic rings. The topological polar surface area (TPSA) is 34.1 Å². The lowest BCUT2D eigenvalue weighted by atomic mass is 10.6. The molecule has 5 heteroatoms. The highest BCUT2D eigenvalue weighted by Gasteiger charge is 2.18. The van der Waals surface area contributed by atoms with E-state index in [-0.39, 0.29) is 6.42 Å². The van der Waals surface area contributed by atoms with Crippen LogP contribution in [0.15, 0.2) is 0 Å². The van der Waals surface area contributed by atoms with Crippen molar-refractivity contribution in [3.63, 3.8) is 0 Å². The zero-order valence-corrected chi connectivity index (χ0v) is 5.84. The summed E-state index contributed by atoms with van der Waals surface area (Å²) in [6.45, 7) is 1.49. The maximum atomic E-state index is 11.6. The van der Waals surface area contributed by atoms with Crippen LogP contribution < -0.4 is 0 Å². The lowest BCUT2D eigenvalue weighted by Crippen LogP contribution is -2.06. The van der Waals surface area contributed by atoms with E-state index in [0.29, 0.717) is 0 Å². The molecule has 8 heavy (non-hydrogen) atoms. The second-order valence-electron chi connectivity index (χ2n) is 1.29. The maximum absolute atomic E-state index is 11.6. The molecule has 0 heterocycles. The van der Waals surface area contributed by atoms with Gasteiger partial charge in [0, 0.05) is 0 Å². The van der Waals surface area contributed by atoms with Crippen LogP contribution in [0.3, 0.4) is 0 Å². The molecule has 0 aromatic heterocycles. The molecule has 0 N–H and O–H groups in total. The molecule has 0 radical (unpaired) electrons. The minimum Gasteiger partial charge on any atom is -0.193 e. The summed E-state index contributed by atoms with van der Waals surface area (Å²) in [5.41, 5.74) is 0. The highest BCUT2D eigenvalue weighted by molar-refractivity contribution is 7.88. The first-order valence-corrected chi connectivity index (χ1v) is 3.94. The minimum absolute atomic E-state index is 0.0976. The van der Waals surface area contributed by atoms with Crippen LogP contribution in [0.5, 0.6) is 0 Å². The third kappa shape index (κ3) is 2.47. The number of rotatable bonds is 2. The summed E-state index contributed by atoms with van der Waals surface area (Å²) in [6.07, 6.45) is 0.0976. The molecule has 1 unspecified atom stereocenters. The van der Waals surface area contributed by atoms with Gasteiger partial charge in [-0.3, -0.25) is 0 Å². The first-order chi connectivity index (χ1) is 3.48. The van der Waals surface area contributed by atoms with E-state index in [2.05, 4.69) is 0 Å². The van der Waals surface area contributed by atoms with Crippen LogP contribution in [0.25, 0.3) is 0 Å². The number of alkyl halides is 1. The van der Waals surface area contributed by atoms with Crippen molar-refractivity contribution in [2.45, 2.75) is 18.1 Å². The molecular formula is C3H6ClFO2S. The van der Waals surface area contributed by atoms with E-state index in [1.807, 2.05) is 0 Å². The number of hydrogen-bond acceptors (Lipinski definition) is 2. The molecule has 0 fully saturated rings. The van der Waals surface area contributed by atoms with E-state index in [1.54, 1.807) is 0 Å². The molecule has 1 atom stereocenters. The van der Waals surface area contributed by atoms with Gasteiger partial charge in [0.1, 0.15) is 0 Å². The third-order valence-corrected chi connectivity index (χ3v) is 2.52. The lowest BCUT2D eigenvalue weighted by molar-refractivity contribution is 0.546. The smallest absolute Gasteiger partial charge is 0.193 e. The van der Waals surface area contributed by atoms with Gasteiger partial charge in [-0.05, 0) is 6.42 Å². The third-order valence-electron chi connectivity index (χ3n) is 0.626. The Hall–Kier alpha value is 0.170. The average Bonchev–Trinajstić information content (AvgIpc) is 1.62. The SMILES string of the molecule is CCC(Cl)S(=O)(=O)F. The standard InChI is InChI=1S/C3H6ClFO2S/c1-2-3(4)8(5,6)7/h3H,2H2,1H3. The Bertz CT molecular complexity index is 153. The summed E-state index contributed by atoms with van der Waals surface area (Å²) in [6, 6.07) is 0. The Morgan fingerprint density at radius 1 is 1.75 bits per heavy atom. The van der Waals surface area contributed by atoms with Crippen molar-refractivity contribution in [3.8, 4) is 0 Å². The van der Waals surface area contributed by atoms with E-state index < -0.39 is 14.9 Å². The Morgan fingerprint density at radius 2 is 2.12 bits per heavy atom. The quantitative estimate of drug-likeness (QED) is 0.450. The monoisotopic (exact) mass is 160 g/mol. The van der Waals surface area contributed by atoms with Crippen molar-refractivity contribution in [1.29, 1.82) is 0 Å². The first-order valence-electron chi connectivity index (χ1n) is 2.06. The van der Waals surface area contributed by atoms with Gasteiger partial charge in [-0.1, -0.05) is 6.92 Å². The van der Waals surface area contributed by atoms with Gasteiger partial charge in [0.2, 0.25) is 0 Å². The fourth-order valence-corrected chi connectivity index (χ4v) is 0.597. The summed E-state index contributed by atoms with van der Waals surface area (Å²) >= 11 is 4.98. The molecule has 0 aliphatic rings. The van der Waals surface area contributed by atoms with Crippen LogP contribution in [0.2, 0.25) is 0 Å². The van der Waals surface area contributed by atoms with E-state index in [1.165, 1.54) is 6.92 Å². The summed E-state index contributed by atoms with van der Waals surface area (Å²) in [5, 5.41) is 0. The number of halogens is 2. The van der Waals surface area contributed by atoms with Gasteiger partial charge in [0.05, 0.1) is 0 Å². The molecule has 0 rings (SSSR count). The van der Waals surface area contributed by atoms with Crippen LogP contribution in [0.1, 0.15) is 13.3 Å². The predicted molar refractivity (Wildman–Crippen MR) is 30.0 cm³/mol. The summed E-state index contributed by atoms with van der Waals surface area (Å²) in [5.74, 6) is 0. The fourth-order valence-electron chi connectivity index (χ4n) is 0.199. The molecule has 0 aliphatic heterocycles. The zero-order valence-electron chi connectivity index (χ0n) is 4.27. The van der Waals surface area contributed by atoms with E-state index in [0.717, 1.165) is 0 Å². The molecule has 0 bridgehead atoms. The fraction of sp³-hybridized carbons (Fsp3) is 1.00. The van der Waals surface area contributed by atoms with Gasteiger partial charge in [0.25, 0.3) is 0 Å². The molecule has 0 saturated heterocycles. The largest absolute Gasteiger partial charge is 0.319 e. The molecule has 0 spiro atoms. The minimum atomic E-state index is -4.49. The van der Waals surface area contributed by atoms with Crippen molar-refractivity contribution < 1.29 is 12.3 Å². The van der Waals surface area contributed by atoms with Gasteiger partial charge in [0.15, 0.2) is 4.71 Å². The number of hydrogen-bond donors (Lipinski definition) is 0. The van der Waals surface area contributed by atoms with Gasteiger partial charge in [-0.25, -0.2) is 0 Å². The molecule has 0 aromatic carbocycles. The van der Waals surface area contributed by atoms with Gasteiger partial charge >= 0.3 is 10.2 Å². The maximum Gasteiger partial charge on any atom is 0.319 e. The molecule has 2 nitrogen and oxygen atoms in total. The van der Waals surface area contributed by atoms with Crippen molar-refractivity contribution in [2.24, 2.45) is 0 Å².